The lowest BCUT2D eigenvalue weighted by Crippen LogP contribution is -3.30. The van der Waals surface area contributed by atoms with Crippen LogP contribution < -0.4 is 15.1 Å². The van der Waals surface area contributed by atoms with Crippen molar-refractivity contribution < 1.29 is 19.4 Å². The zero-order chi connectivity index (χ0) is 21.8. The second-order valence-electron chi connectivity index (χ2n) is 9.48. The summed E-state index contributed by atoms with van der Waals surface area (Å²) in [4.78, 5) is 30.5. The number of hydrogen-bond donors (Lipinski definition) is 3. The van der Waals surface area contributed by atoms with Gasteiger partial charge in [0.15, 0.2) is 12.6 Å². The van der Waals surface area contributed by atoms with Crippen LogP contribution in [-0.4, -0.2) is 67.6 Å². The number of likely N-dealkylation sites (tertiary alicyclic amines) is 1. The summed E-state index contributed by atoms with van der Waals surface area (Å²) in [6.45, 7) is 14.8. The molecule has 3 rings (SSSR count). The van der Waals surface area contributed by atoms with E-state index in [1.54, 1.807) is 0 Å². The molecule has 2 saturated heterocycles. The first-order chi connectivity index (χ1) is 14.3. The maximum Gasteiger partial charge on any atom is 0.281 e. The number of nitrogens with one attached hydrogen (secondary N) is 3. The number of anilines is 1. The molecule has 1 aromatic rings. The molecule has 2 aliphatic heterocycles. The molecule has 0 bridgehead atoms. The van der Waals surface area contributed by atoms with E-state index in [-0.39, 0.29) is 11.9 Å². The number of amides is 2. The SMILES string of the molecule is Cc1cccc(NC(=O)C[NH+]2CC[NH+]([C@@H](C)C(=O)N3[C@H](C)CCC[C@@H]3C)CC2)c1C. The summed E-state index contributed by atoms with van der Waals surface area (Å²) in [6.07, 6.45) is 3.46. The number of carbonyl (C=O) groups is 2. The molecule has 2 aliphatic rings. The number of aryl methyl sites for hydroxylation is 1. The van der Waals surface area contributed by atoms with Crippen LogP contribution >= 0.6 is 0 Å². The Kier molecular flexibility index (Phi) is 7.53. The third-order valence-corrected chi connectivity index (χ3v) is 7.32. The van der Waals surface area contributed by atoms with Crippen molar-refractivity contribution in [2.45, 2.75) is 72.0 Å². The van der Waals surface area contributed by atoms with Crippen molar-refractivity contribution in [3.05, 3.63) is 29.3 Å². The van der Waals surface area contributed by atoms with Gasteiger partial charge in [-0.1, -0.05) is 12.1 Å². The molecule has 0 saturated carbocycles. The molecule has 6 heteroatoms. The molecule has 30 heavy (non-hydrogen) atoms. The Morgan fingerprint density at radius 1 is 1.10 bits per heavy atom. The Bertz CT molecular complexity index is 748. The Morgan fingerprint density at radius 2 is 1.73 bits per heavy atom. The van der Waals surface area contributed by atoms with Crippen LogP contribution in [0.2, 0.25) is 0 Å². The van der Waals surface area contributed by atoms with E-state index >= 15 is 0 Å². The Balaban J connectivity index is 1.48. The summed E-state index contributed by atoms with van der Waals surface area (Å²) < 4.78 is 0. The quantitative estimate of drug-likeness (QED) is 0.643. The predicted octanol–water partition coefficient (Wildman–Crippen LogP) is 0.203. The van der Waals surface area contributed by atoms with Crippen LogP contribution in [0.5, 0.6) is 0 Å². The van der Waals surface area contributed by atoms with Crippen LogP contribution in [-0.2, 0) is 9.59 Å². The molecule has 6 nitrogen and oxygen atoms in total. The van der Waals surface area contributed by atoms with Gasteiger partial charge < -0.3 is 20.0 Å². The number of quaternary nitrogens is 2. The summed E-state index contributed by atoms with van der Waals surface area (Å²) in [5.41, 5.74) is 3.23. The van der Waals surface area contributed by atoms with Gasteiger partial charge in [0, 0.05) is 17.8 Å². The largest absolute Gasteiger partial charge is 0.332 e. The first kappa shape index (κ1) is 22.8. The van der Waals surface area contributed by atoms with Gasteiger partial charge in [0.1, 0.15) is 26.2 Å². The molecule has 166 valence electrons. The summed E-state index contributed by atoms with van der Waals surface area (Å²) in [6, 6.07) is 6.71. The third-order valence-electron chi connectivity index (χ3n) is 7.32. The van der Waals surface area contributed by atoms with E-state index in [4.69, 9.17) is 0 Å². The fraction of sp³-hybridized carbons (Fsp3) is 0.667. The predicted molar refractivity (Wildman–Crippen MR) is 120 cm³/mol. The minimum atomic E-state index is -0.00156. The fourth-order valence-electron chi connectivity index (χ4n) is 5.10. The Morgan fingerprint density at radius 3 is 2.37 bits per heavy atom. The van der Waals surface area contributed by atoms with Crippen molar-refractivity contribution in [2.75, 3.05) is 38.0 Å². The van der Waals surface area contributed by atoms with Gasteiger partial charge in [-0.05, 0) is 71.1 Å². The number of rotatable bonds is 5. The standard InChI is InChI=1S/C24H38N4O2/c1-17-8-6-11-22(20(17)4)25-23(29)16-26-12-14-27(15-13-26)21(5)24(30)28-18(2)9-7-10-19(28)3/h6,8,11,18-19,21H,7,9-10,12-16H2,1-5H3,(H,25,29)/p+2/t18-,19+,21-/m0/s1. The second-order valence-corrected chi connectivity index (χ2v) is 9.48. The zero-order valence-corrected chi connectivity index (χ0v) is 19.4. The second kappa shape index (κ2) is 9.92. The molecule has 3 atom stereocenters. The molecule has 2 amide bonds. The zero-order valence-electron chi connectivity index (χ0n) is 19.4. The molecule has 3 N–H and O–H groups in total. The summed E-state index contributed by atoms with van der Waals surface area (Å²) in [5.74, 6) is 0.378. The third kappa shape index (κ3) is 5.22. The van der Waals surface area contributed by atoms with E-state index in [0.717, 1.165) is 50.3 Å². The van der Waals surface area contributed by atoms with Gasteiger partial charge in [-0.2, -0.15) is 0 Å². The highest BCUT2D eigenvalue weighted by Gasteiger charge is 2.38. The highest BCUT2D eigenvalue weighted by atomic mass is 16.2. The lowest BCUT2D eigenvalue weighted by Gasteiger charge is -2.42. The normalized spacial score (nSPS) is 28.1. The van der Waals surface area contributed by atoms with Crippen molar-refractivity contribution in [3.63, 3.8) is 0 Å². The summed E-state index contributed by atoms with van der Waals surface area (Å²) in [7, 11) is 0. The molecule has 0 aliphatic carbocycles. The lowest BCUT2D eigenvalue weighted by molar-refractivity contribution is -1.02. The molecular formula is C24H40N4O2+2. The molecule has 0 radical (unpaired) electrons. The Labute approximate surface area is 181 Å². The first-order valence-electron chi connectivity index (χ1n) is 11.6. The maximum atomic E-state index is 13.2. The van der Waals surface area contributed by atoms with Crippen LogP contribution in [0.1, 0.15) is 51.2 Å². The molecule has 2 fully saturated rings. The van der Waals surface area contributed by atoms with Gasteiger partial charge in [-0.3, -0.25) is 9.59 Å². The van der Waals surface area contributed by atoms with Crippen molar-refractivity contribution in [2.24, 2.45) is 0 Å². The summed E-state index contributed by atoms with van der Waals surface area (Å²) >= 11 is 0. The number of hydrogen-bond acceptors (Lipinski definition) is 2. The van der Waals surface area contributed by atoms with E-state index in [1.807, 2.05) is 19.1 Å². The minimum absolute atomic E-state index is 0.00156. The highest BCUT2D eigenvalue weighted by Crippen LogP contribution is 2.23. The monoisotopic (exact) mass is 416 g/mol. The van der Waals surface area contributed by atoms with Crippen LogP contribution in [0.4, 0.5) is 5.69 Å². The molecule has 0 spiro atoms. The topological polar surface area (TPSA) is 58.3 Å². The smallest absolute Gasteiger partial charge is 0.281 e. The minimum Gasteiger partial charge on any atom is -0.332 e. The van der Waals surface area contributed by atoms with Gasteiger partial charge in [0.25, 0.3) is 11.8 Å². The summed E-state index contributed by atoms with van der Waals surface area (Å²) in [5, 5.41) is 3.08. The van der Waals surface area contributed by atoms with Crippen LogP contribution in [0.25, 0.3) is 0 Å². The van der Waals surface area contributed by atoms with Crippen molar-refractivity contribution in [3.8, 4) is 0 Å². The fourth-order valence-corrected chi connectivity index (χ4v) is 5.10. The first-order valence-corrected chi connectivity index (χ1v) is 11.6. The van der Waals surface area contributed by atoms with Crippen molar-refractivity contribution >= 4 is 17.5 Å². The van der Waals surface area contributed by atoms with Gasteiger partial charge in [-0.15, -0.1) is 0 Å². The van der Waals surface area contributed by atoms with E-state index in [2.05, 4.69) is 44.0 Å². The molecule has 1 aromatic carbocycles. The van der Waals surface area contributed by atoms with E-state index in [9.17, 15) is 9.59 Å². The highest BCUT2D eigenvalue weighted by molar-refractivity contribution is 5.92. The van der Waals surface area contributed by atoms with Gasteiger partial charge in [0.05, 0.1) is 0 Å². The molecule has 2 heterocycles. The number of nitrogens with zero attached hydrogens (tertiary/aromatic N) is 1. The van der Waals surface area contributed by atoms with Crippen LogP contribution in [0.3, 0.4) is 0 Å². The van der Waals surface area contributed by atoms with Crippen LogP contribution in [0, 0.1) is 13.8 Å². The van der Waals surface area contributed by atoms with Gasteiger partial charge >= 0.3 is 0 Å². The van der Waals surface area contributed by atoms with Crippen LogP contribution in [0.15, 0.2) is 18.2 Å². The maximum absolute atomic E-state index is 13.2. The molecule has 0 unspecified atom stereocenters. The van der Waals surface area contributed by atoms with Gasteiger partial charge in [-0.25, -0.2) is 0 Å². The average molecular weight is 417 g/mol. The lowest BCUT2D eigenvalue weighted by atomic mass is 9.96. The van der Waals surface area contributed by atoms with E-state index < -0.39 is 0 Å². The average Bonchev–Trinajstić information content (AvgIpc) is 2.71. The van der Waals surface area contributed by atoms with E-state index in [0.29, 0.717) is 24.5 Å². The van der Waals surface area contributed by atoms with Gasteiger partial charge in [0.2, 0.25) is 0 Å². The van der Waals surface area contributed by atoms with Crippen molar-refractivity contribution in [1.82, 2.24) is 4.90 Å². The number of piperidine rings is 1. The number of piperazine rings is 1. The van der Waals surface area contributed by atoms with E-state index in [1.165, 1.54) is 21.8 Å². The molecule has 0 aromatic heterocycles. The molecular weight excluding hydrogens is 376 g/mol. The number of benzene rings is 1. The Hall–Kier alpha value is -1.92. The van der Waals surface area contributed by atoms with Crippen molar-refractivity contribution in [1.29, 1.82) is 0 Å². The number of carbonyl (C=O) groups excluding carboxylic acids is 2.